The molecular weight excluding hydrogens is 462 g/mol. The number of aromatic hydroxyl groups is 1. The molecule has 3 rings (SSSR count). The van der Waals surface area contributed by atoms with Crippen molar-refractivity contribution in [1.29, 1.82) is 0 Å². The molecule has 1 aliphatic carbocycles. The summed E-state index contributed by atoms with van der Waals surface area (Å²) in [7, 11) is 0. The molecule has 0 heterocycles. The molecule has 9 nitrogen and oxygen atoms in total. The van der Waals surface area contributed by atoms with Crippen LogP contribution in [0, 0.1) is 13.8 Å². The van der Waals surface area contributed by atoms with Gasteiger partial charge in [-0.2, -0.15) is 0 Å². The lowest BCUT2D eigenvalue weighted by Gasteiger charge is -2.34. The molecule has 2 aromatic carbocycles. The number of aryl methyl sites for hydroxylation is 2. The lowest BCUT2D eigenvalue weighted by atomic mass is 10.0. The summed E-state index contributed by atoms with van der Waals surface area (Å²) in [6.45, 7) is 8.18. The molecular formula is C27H35N3O6. The van der Waals surface area contributed by atoms with Crippen LogP contribution in [-0.4, -0.2) is 57.3 Å². The summed E-state index contributed by atoms with van der Waals surface area (Å²) in [5.41, 5.74) is 2.10. The number of hydrogen-bond acceptors (Lipinski definition) is 6. The molecule has 1 aliphatic rings. The number of amides is 3. The van der Waals surface area contributed by atoms with Gasteiger partial charge >= 0.3 is 6.09 Å². The minimum atomic E-state index is -1.30. The molecule has 3 amide bonds. The van der Waals surface area contributed by atoms with Gasteiger partial charge in [0.2, 0.25) is 5.91 Å². The topological polar surface area (TPSA) is 128 Å². The van der Waals surface area contributed by atoms with E-state index in [-0.39, 0.29) is 11.8 Å². The fraction of sp³-hybridized carbons (Fsp3) is 0.444. The van der Waals surface area contributed by atoms with E-state index in [1.807, 2.05) is 32.0 Å². The Balaban J connectivity index is 1.97. The number of rotatable bonds is 8. The third-order valence-electron chi connectivity index (χ3n) is 5.83. The maximum atomic E-state index is 13.8. The van der Waals surface area contributed by atoms with E-state index in [1.54, 1.807) is 32.9 Å². The molecule has 0 aromatic heterocycles. The third kappa shape index (κ3) is 6.75. The Morgan fingerprint density at radius 1 is 1.06 bits per heavy atom. The smallest absolute Gasteiger partial charge is 0.408 e. The van der Waals surface area contributed by atoms with Crippen LogP contribution in [0.2, 0.25) is 0 Å². The first-order valence-corrected chi connectivity index (χ1v) is 12.0. The fourth-order valence-corrected chi connectivity index (χ4v) is 3.98. The van der Waals surface area contributed by atoms with Gasteiger partial charge in [-0.25, -0.2) is 4.79 Å². The average molecular weight is 498 g/mol. The van der Waals surface area contributed by atoms with Gasteiger partial charge in [0.05, 0.1) is 6.61 Å². The molecule has 9 heteroatoms. The van der Waals surface area contributed by atoms with Crippen LogP contribution >= 0.6 is 0 Å². The number of para-hydroxylation sites is 1. The van der Waals surface area contributed by atoms with E-state index in [4.69, 9.17) is 4.74 Å². The summed E-state index contributed by atoms with van der Waals surface area (Å²) in [5.74, 6) is -1.01. The number of ether oxygens (including phenoxy) is 1. The van der Waals surface area contributed by atoms with Gasteiger partial charge in [-0.1, -0.05) is 30.3 Å². The van der Waals surface area contributed by atoms with Crippen molar-refractivity contribution in [3.05, 3.63) is 59.2 Å². The predicted octanol–water partition coefficient (Wildman–Crippen LogP) is 3.57. The second-order valence-corrected chi connectivity index (χ2v) is 10.1. The Morgan fingerprint density at radius 2 is 1.64 bits per heavy atom. The number of carbonyl (C=O) groups excluding carboxylic acids is 3. The molecule has 0 saturated heterocycles. The summed E-state index contributed by atoms with van der Waals surface area (Å²) in [6.07, 6.45) is 0.523. The lowest BCUT2D eigenvalue weighted by molar-refractivity contribution is -0.142. The van der Waals surface area contributed by atoms with Crippen molar-refractivity contribution < 1.29 is 29.3 Å². The number of benzene rings is 2. The quantitative estimate of drug-likeness (QED) is 0.442. The maximum absolute atomic E-state index is 13.8. The van der Waals surface area contributed by atoms with Crippen molar-refractivity contribution in [2.24, 2.45) is 0 Å². The number of anilines is 1. The Morgan fingerprint density at radius 3 is 2.14 bits per heavy atom. The van der Waals surface area contributed by atoms with Crippen molar-refractivity contribution in [3.63, 3.8) is 0 Å². The minimum Gasteiger partial charge on any atom is -0.508 e. The highest BCUT2D eigenvalue weighted by Gasteiger charge is 2.44. The van der Waals surface area contributed by atoms with E-state index >= 15 is 0 Å². The second-order valence-electron chi connectivity index (χ2n) is 10.1. The highest BCUT2D eigenvalue weighted by molar-refractivity contribution is 6.00. The van der Waals surface area contributed by atoms with E-state index in [9.17, 15) is 24.6 Å². The zero-order valence-corrected chi connectivity index (χ0v) is 21.4. The normalized spacial score (nSPS) is 14.9. The van der Waals surface area contributed by atoms with Gasteiger partial charge in [0.1, 0.15) is 23.4 Å². The Bertz CT molecular complexity index is 1090. The van der Waals surface area contributed by atoms with E-state index in [2.05, 4.69) is 10.6 Å². The van der Waals surface area contributed by atoms with Crippen LogP contribution in [-0.2, 0) is 14.3 Å². The molecule has 0 aliphatic heterocycles. The molecule has 2 unspecified atom stereocenters. The number of nitrogens with one attached hydrogen (secondary N) is 2. The number of phenols is 1. The van der Waals surface area contributed by atoms with E-state index in [0.29, 0.717) is 24.1 Å². The van der Waals surface area contributed by atoms with Crippen LogP contribution in [0.5, 0.6) is 5.75 Å². The van der Waals surface area contributed by atoms with Crippen LogP contribution < -0.4 is 10.6 Å². The standard InChI is InChI=1S/C27H35N3O6/c1-16-7-6-8-17(2)22(16)29-24(33)23(18-9-13-20(32)14-10-18)30(19-11-12-19)25(34)21(15-31)28-26(35)36-27(3,4)5/h6-10,13-14,19,21,23,31-32H,11-12,15H2,1-5H3,(H,28,35)(H,29,33). The minimum absolute atomic E-state index is 0.0248. The maximum Gasteiger partial charge on any atom is 0.408 e. The van der Waals surface area contributed by atoms with Gasteiger partial charge in [0.15, 0.2) is 0 Å². The van der Waals surface area contributed by atoms with Gasteiger partial charge in [-0.3, -0.25) is 9.59 Å². The summed E-state index contributed by atoms with van der Waals surface area (Å²) in [4.78, 5) is 41.2. The van der Waals surface area contributed by atoms with Crippen LogP contribution in [0.25, 0.3) is 0 Å². The van der Waals surface area contributed by atoms with Gasteiger partial charge < -0.3 is 30.5 Å². The average Bonchev–Trinajstić information content (AvgIpc) is 3.62. The van der Waals surface area contributed by atoms with Crippen molar-refractivity contribution in [2.45, 2.75) is 71.2 Å². The van der Waals surface area contributed by atoms with Crippen molar-refractivity contribution >= 4 is 23.6 Å². The second kappa shape index (κ2) is 11.0. The molecule has 0 spiro atoms. The fourth-order valence-electron chi connectivity index (χ4n) is 3.98. The number of carbonyl (C=O) groups is 3. The first-order chi connectivity index (χ1) is 16.9. The monoisotopic (exact) mass is 497 g/mol. The molecule has 0 bridgehead atoms. The first kappa shape index (κ1) is 27.0. The highest BCUT2D eigenvalue weighted by atomic mass is 16.6. The zero-order valence-electron chi connectivity index (χ0n) is 21.4. The third-order valence-corrected chi connectivity index (χ3v) is 5.83. The molecule has 0 radical (unpaired) electrons. The SMILES string of the molecule is Cc1cccc(C)c1NC(=O)C(c1ccc(O)cc1)N(C(=O)C(CO)NC(=O)OC(C)(C)C)C1CC1. The van der Waals surface area contributed by atoms with Gasteiger partial charge in [0, 0.05) is 11.7 Å². The molecule has 36 heavy (non-hydrogen) atoms. The van der Waals surface area contributed by atoms with E-state index in [1.165, 1.54) is 17.0 Å². The van der Waals surface area contributed by atoms with Crippen LogP contribution in [0.1, 0.15) is 56.3 Å². The van der Waals surface area contributed by atoms with Gasteiger partial charge in [-0.15, -0.1) is 0 Å². The molecule has 1 fully saturated rings. The van der Waals surface area contributed by atoms with Crippen molar-refractivity contribution in [2.75, 3.05) is 11.9 Å². The number of nitrogens with zero attached hydrogens (tertiary/aromatic N) is 1. The summed E-state index contributed by atoms with van der Waals surface area (Å²) < 4.78 is 5.25. The van der Waals surface area contributed by atoms with Gasteiger partial charge in [-0.05, 0) is 76.3 Å². The molecule has 2 aromatic rings. The number of phenolic OH excluding ortho intramolecular Hbond substituents is 1. The number of aliphatic hydroxyl groups is 1. The van der Waals surface area contributed by atoms with Gasteiger partial charge in [0.25, 0.3) is 5.91 Å². The Hall–Kier alpha value is -3.59. The summed E-state index contributed by atoms with van der Waals surface area (Å²) in [6, 6.07) is 9.14. The Kier molecular flexibility index (Phi) is 8.24. The molecule has 4 N–H and O–H groups in total. The van der Waals surface area contributed by atoms with Crippen LogP contribution in [0.4, 0.5) is 10.5 Å². The first-order valence-electron chi connectivity index (χ1n) is 12.0. The molecule has 194 valence electrons. The number of aliphatic hydroxyl groups excluding tert-OH is 1. The Labute approximate surface area is 211 Å². The van der Waals surface area contributed by atoms with Crippen molar-refractivity contribution in [1.82, 2.24) is 10.2 Å². The van der Waals surface area contributed by atoms with Crippen LogP contribution in [0.15, 0.2) is 42.5 Å². The highest BCUT2D eigenvalue weighted by Crippen LogP contribution is 2.37. The number of alkyl carbamates (subject to hydrolysis) is 1. The number of hydrogen-bond donors (Lipinski definition) is 4. The van der Waals surface area contributed by atoms with E-state index < -0.39 is 42.2 Å². The molecule has 1 saturated carbocycles. The summed E-state index contributed by atoms with van der Waals surface area (Å²) in [5, 5.41) is 25.2. The van der Waals surface area contributed by atoms with E-state index in [0.717, 1.165) is 11.1 Å². The van der Waals surface area contributed by atoms with Crippen LogP contribution in [0.3, 0.4) is 0 Å². The largest absolute Gasteiger partial charge is 0.508 e. The summed E-state index contributed by atoms with van der Waals surface area (Å²) >= 11 is 0. The molecule has 2 atom stereocenters. The zero-order chi connectivity index (χ0) is 26.6. The predicted molar refractivity (Wildman–Crippen MR) is 136 cm³/mol. The lowest BCUT2D eigenvalue weighted by Crippen LogP contribution is -2.54. The van der Waals surface area contributed by atoms with Crippen molar-refractivity contribution in [3.8, 4) is 5.75 Å².